The standard InChI is InChI=1S/C22H20ClN3O4/c1-29-20-6-4-3-5-17(20)25-18-12-15(23)8-9-16(18)22(28)26-24-13-14-7-10-19(27)21(11-14)30-2/h3-13,25,27H,1-2H3,(H,26,28)/b24-13+. The summed E-state index contributed by atoms with van der Waals surface area (Å²) in [6.07, 6.45) is 1.45. The fraction of sp³-hybridized carbons (Fsp3) is 0.0909. The van der Waals surface area contributed by atoms with Gasteiger partial charge in [-0.1, -0.05) is 23.7 Å². The molecule has 0 saturated heterocycles. The molecular weight excluding hydrogens is 406 g/mol. The highest BCUT2D eigenvalue weighted by Crippen LogP contribution is 2.30. The minimum absolute atomic E-state index is 0.0203. The van der Waals surface area contributed by atoms with E-state index in [4.69, 9.17) is 21.1 Å². The fourth-order valence-electron chi connectivity index (χ4n) is 2.71. The van der Waals surface area contributed by atoms with Gasteiger partial charge in [0.25, 0.3) is 5.91 Å². The monoisotopic (exact) mass is 425 g/mol. The first-order valence-electron chi connectivity index (χ1n) is 8.92. The summed E-state index contributed by atoms with van der Waals surface area (Å²) >= 11 is 6.12. The van der Waals surface area contributed by atoms with Gasteiger partial charge in [0.15, 0.2) is 11.5 Å². The van der Waals surface area contributed by atoms with Crippen LogP contribution in [0.25, 0.3) is 0 Å². The number of hydrogen-bond donors (Lipinski definition) is 3. The Morgan fingerprint density at radius 1 is 1.00 bits per heavy atom. The summed E-state index contributed by atoms with van der Waals surface area (Å²) in [5.74, 6) is 0.535. The van der Waals surface area contributed by atoms with Crippen molar-refractivity contribution in [2.24, 2.45) is 5.10 Å². The van der Waals surface area contributed by atoms with Gasteiger partial charge in [0.05, 0.1) is 37.4 Å². The summed E-state index contributed by atoms with van der Waals surface area (Å²) in [6.45, 7) is 0. The molecule has 0 aliphatic rings. The topological polar surface area (TPSA) is 92.2 Å². The highest BCUT2D eigenvalue weighted by Gasteiger charge is 2.13. The normalized spacial score (nSPS) is 10.6. The number of ether oxygens (including phenoxy) is 2. The molecule has 0 fully saturated rings. The van der Waals surface area contributed by atoms with Crippen molar-refractivity contribution >= 4 is 35.1 Å². The third kappa shape index (κ3) is 5.01. The molecule has 0 spiro atoms. The van der Waals surface area contributed by atoms with E-state index in [0.717, 1.165) is 0 Å². The number of aromatic hydroxyl groups is 1. The first kappa shape index (κ1) is 21.0. The van der Waals surface area contributed by atoms with E-state index in [1.807, 2.05) is 24.3 Å². The van der Waals surface area contributed by atoms with Crippen LogP contribution in [0.4, 0.5) is 11.4 Å². The van der Waals surface area contributed by atoms with Gasteiger partial charge >= 0.3 is 0 Å². The number of hydrazone groups is 1. The maximum atomic E-state index is 12.7. The number of carbonyl (C=O) groups excluding carboxylic acids is 1. The molecular formula is C22H20ClN3O4. The predicted molar refractivity (Wildman–Crippen MR) is 117 cm³/mol. The number of nitrogens with one attached hydrogen (secondary N) is 2. The van der Waals surface area contributed by atoms with Crippen LogP contribution < -0.4 is 20.2 Å². The van der Waals surface area contributed by atoms with Crippen LogP contribution in [0.2, 0.25) is 5.02 Å². The summed E-state index contributed by atoms with van der Waals surface area (Å²) in [4.78, 5) is 12.7. The van der Waals surface area contributed by atoms with Gasteiger partial charge in [0, 0.05) is 5.02 Å². The molecule has 0 saturated carbocycles. The maximum Gasteiger partial charge on any atom is 0.273 e. The number of phenolic OH excluding ortho intramolecular Hbond substituents is 1. The lowest BCUT2D eigenvalue weighted by atomic mass is 10.1. The number of phenols is 1. The summed E-state index contributed by atoms with van der Waals surface area (Å²) in [5, 5.41) is 17.3. The number of nitrogens with zero attached hydrogens (tertiary/aromatic N) is 1. The quantitative estimate of drug-likeness (QED) is 0.381. The van der Waals surface area contributed by atoms with E-state index >= 15 is 0 Å². The molecule has 7 nitrogen and oxygen atoms in total. The summed E-state index contributed by atoms with van der Waals surface area (Å²) in [7, 11) is 3.02. The minimum Gasteiger partial charge on any atom is -0.504 e. The Bertz CT molecular complexity index is 1090. The highest BCUT2D eigenvalue weighted by molar-refractivity contribution is 6.31. The molecule has 0 aliphatic heterocycles. The van der Waals surface area contributed by atoms with E-state index in [-0.39, 0.29) is 5.75 Å². The number of para-hydroxylation sites is 2. The highest BCUT2D eigenvalue weighted by atomic mass is 35.5. The number of amides is 1. The average Bonchev–Trinajstić information content (AvgIpc) is 2.75. The molecule has 0 unspecified atom stereocenters. The van der Waals surface area contributed by atoms with E-state index in [2.05, 4.69) is 15.8 Å². The summed E-state index contributed by atoms with van der Waals surface area (Å²) in [5.41, 5.74) is 4.68. The fourth-order valence-corrected chi connectivity index (χ4v) is 2.88. The molecule has 0 radical (unpaired) electrons. The molecule has 154 valence electrons. The first-order chi connectivity index (χ1) is 14.5. The molecule has 3 aromatic carbocycles. The zero-order chi connectivity index (χ0) is 21.5. The van der Waals surface area contributed by atoms with Crippen molar-refractivity contribution in [2.45, 2.75) is 0 Å². The number of carbonyl (C=O) groups is 1. The third-order valence-corrected chi connectivity index (χ3v) is 4.42. The molecule has 0 atom stereocenters. The maximum absolute atomic E-state index is 12.7. The molecule has 3 rings (SSSR count). The molecule has 0 bridgehead atoms. The van der Waals surface area contributed by atoms with Crippen LogP contribution in [0, 0.1) is 0 Å². The van der Waals surface area contributed by atoms with Crippen LogP contribution >= 0.6 is 11.6 Å². The van der Waals surface area contributed by atoms with Crippen molar-refractivity contribution < 1.29 is 19.4 Å². The number of benzene rings is 3. The van der Waals surface area contributed by atoms with Crippen molar-refractivity contribution in [1.82, 2.24) is 5.43 Å². The molecule has 30 heavy (non-hydrogen) atoms. The van der Waals surface area contributed by atoms with E-state index in [1.165, 1.54) is 19.4 Å². The second-order valence-corrected chi connectivity index (χ2v) is 6.58. The smallest absolute Gasteiger partial charge is 0.273 e. The number of methoxy groups -OCH3 is 2. The lowest BCUT2D eigenvalue weighted by Crippen LogP contribution is -2.19. The molecule has 3 aromatic rings. The van der Waals surface area contributed by atoms with Crippen molar-refractivity contribution in [3.05, 3.63) is 76.8 Å². The van der Waals surface area contributed by atoms with Crippen LogP contribution in [0.5, 0.6) is 17.2 Å². The number of rotatable bonds is 7. The Labute approximate surface area is 178 Å². The van der Waals surface area contributed by atoms with Crippen LogP contribution in [-0.2, 0) is 0 Å². The van der Waals surface area contributed by atoms with E-state index in [9.17, 15) is 9.90 Å². The largest absolute Gasteiger partial charge is 0.504 e. The zero-order valence-corrected chi connectivity index (χ0v) is 17.1. The number of anilines is 2. The van der Waals surface area contributed by atoms with E-state index in [0.29, 0.717) is 39.0 Å². The second-order valence-electron chi connectivity index (χ2n) is 6.15. The Kier molecular flexibility index (Phi) is 6.77. The molecule has 8 heteroatoms. The second kappa shape index (κ2) is 9.67. The van der Waals surface area contributed by atoms with Gasteiger partial charge in [-0.05, 0) is 54.1 Å². The van der Waals surface area contributed by atoms with Gasteiger partial charge in [0.2, 0.25) is 0 Å². The Balaban J connectivity index is 1.79. The molecule has 3 N–H and O–H groups in total. The molecule has 0 heterocycles. The molecule has 0 aliphatic carbocycles. The van der Waals surface area contributed by atoms with Crippen molar-refractivity contribution in [2.75, 3.05) is 19.5 Å². The van der Waals surface area contributed by atoms with Gasteiger partial charge in [-0.25, -0.2) is 5.43 Å². The zero-order valence-electron chi connectivity index (χ0n) is 16.3. The Hall–Kier alpha value is -3.71. The van der Waals surface area contributed by atoms with Gasteiger partial charge in [0.1, 0.15) is 5.75 Å². The van der Waals surface area contributed by atoms with Gasteiger partial charge < -0.3 is 19.9 Å². The number of halogens is 1. The SMILES string of the molecule is COc1cc(/C=N/NC(=O)c2ccc(Cl)cc2Nc2ccccc2OC)ccc1O. The van der Waals surface area contributed by atoms with Crippen molar-refractivity contribution in [1.29, 1.82) is 0 Å². The van der Waals surface area contributed by atoms with Crippen LogP contribution in [0.3, 0.4) is 0 Å². The minimum atomic E-state index is -0.425. The van der Waals surface area contributed by atoms with Crippen molar-refractivity contribution in [3.8, 4) is 17.2 Å². The average molecular weight is 426 g/mol. The summed E-state index contributed by atoms with van der Waals surface area (Å²) < 4.78 is 10.4. The molecule has 0 aromatic heterocycles. The third-order valence-electron chi connectivity index (χ3n) is 4.19. The van der Waals surface area contributed by atoms with E-state index < -0.39 is 5.91 Å². The van der Waals surface area contributed by atoms with Gasteiger partial charge in [-0.2, -0.15) is 5.10 Å². The Morgan fingerprint density at radius 3 is 2.53 bits per heavy atom. The summed E-state index contributed by atoms with van der Waals surface area (Å²) in [6, 6.07) is 16.9. The predicted octanol–water partition coefficient (Wildman–Crippen LogP) is 4.57. The lowest BCUT2D eigenvalue weighted by molar-refractivity contribution is 0.0956. The number of hydrogen-bond acceptors (Lipinski definition) is 6. The lowest BCUT2D eigenvalue weighted by Gasteiger charge is -2.14. The van der Waals surface area contributed by atoms with Crippen LogP contribution in [0.15, 0.2) is 65.8 Å². The first-order valence-corrected chi connectivity index (χ1v) is 9.29. The van der Waals surface area contributed by atoms with E-state index in [1.54, 1.807) is 37.4 Å². The molecule has 1 amide bonds. The van der Waals surface area contributed by atoms with Gasteiger partial charge in [-0.15, -0.1) is 0 Å². The van der Waals surface area contributed by atoms with Gasteiger partial charge in [-0.3, -0.25) is 4.79 Å². The van der Waals surface area contributed by atoms with Crippen LogP contribution in [0.1, 0.15) is 15.9 Å². The Morgan fingerprint density at radius 2 is 1.77 bits per heavy atom. The van der Waals surface area contributed by atoms with Crippen molar-refractivity contribution in [3.63, 3.8) is 0 Å². The van der Waals surface area contributed by atoms with Crippen LogP contribution in [-0.4, -0.2) is 31.4 Å².